The highest BCUT2D eigenvalue weighted by Crippen LogP contribution is 2.11. The zero-order valence-electron chi connectivity index (χ0n) is 10.4. The molecule has 0 aliphatic carbocycles. The van der Waals surface area contributed by atoms with Gasteiger partial charge in [0.05, 0.1) is 0 Å². The number of aryl methyl sites for hydroxylation is 1. The van der Waals surface area contributed by atoms with E-state index in [9.17, 15) is 9.18 Å². The second-order valence-corrected chi connectivity index (χ2v) is 4.10. The van der Waals surface area contributed by atoms with Gasteiger partial charge in [0, 0.05) is 25.2 Å². The molecule has 17 heavy (non-hydrogen) atoms. The normalized spacial score (nSPS) is 10.4. The molecule has 94 valence electrons. The van der Waals surface area contributed by atoms with Crippen molar-refractivity contribution < 1.29 is 9.18 Å². The molecule has 3 nitrogen and oxygen atoms in total. The Morgan fingerprint density at radius 3 is 2.59 bits per heavy atom. The fraction of sp³-hybridized carbons (Fsp3) is 0.462. The topological polar surface area (TPSA) is 46.3 Å². The number of hydrogen-bond acceptors (Lipinski definition) is 2. The number of rotatable bonds is 5. The zero-order chi connectivity index (χ0) is 12.8. The lowest BCUT2D eigenvalue weighted by Gasteiger charge is -2.21. The van der Waals surface area contributed by atoms with Crippen LogP contribution in [0.5, 0.6) is 0 Å². The number of halogens is 1. The first-order chi connectivity index (χ1) is 8.08. The molecule has 0 saturated heterocycles. The predicted molar refractivity (Wildman–Crippen MR) is 66.4 cm³/mol. The predicted octanol–water partition coefficient (Wildman–Crippen LogP) is 1.95. The first-order valence-electron chi connectivity index (χ1n) is 5.85. The lowest BCUT2D eigenvalue weighted by atomic mass is 10.1. The molecule has 1 aromatic rings. The molecule has 0 bridgehead atoms. The molecule has 0 heterocycles. The molecule has 1 rings (SSSR count). The monoisotopic (exact) mass is 238 g/mol. The van der Waals surface area contributed by atoms with E-state index in [1.165, 1.54) is 12.1 Å². The average molecular weight is 238 g/mol. The van der Waals surface area contributed by atoms with Crippen molar-refractivity contribution in [3.8, 4) is 0 Å². The maximum atomic E-state index is 13.2. The minimum Gasteiger partial charge on any atom is -0.337 e. The van der Waals surface area contributed by atoms with Crippen LogP contribution in [0.2, 0.25) is 0 Å². The van der Waals surface area contributed by atoms with Crippen molar-refractivity contribution >= 4 is 5.91 Å². The van der Waals surface area contributed by atoms with E-state index in [1.807, 2.05) is 6.92 Å². The van der Waals surface area contributed by atoms with Gasteiger partial charge in [0.15, 0.2) is 0 Å². The third-order valence-corrected chi connectivity index (χ3v) is 2.47. The van der Waals surface area contributed by atoms with Crippen LogP contribution in [0.15, 0.2) is 18.2 Å². The molecule has 0 radical (unpaired) electrons. The van der Waals surface area contributed by atoms with Crippen molar-refractivity contribution in [3.05, 3.63) is 35.1 Å². The summed E-state index contributed by atoms with van der Waals surface area (Å²) in [5.74, 6) is -0.530. The summed E-state index contributed by atoms with van der Waals surface area (Å²) in [6.07, 6.45) is 0.861. The van der Waals surface area contributed by atoms with Crippen molar-refractivity contribution in [1.29, 1.82) is 0 Å². The van der Waals surface area contributed by atoms with E-state index < -0.39 is 0 Å². The highest BCUT2D eigenvalue weighted by atomic mass is 19.1. The Morgan fingerprint density at radius 2 is 2.06 bits per heavy atom. The van der Waals surface area contributed by atoms with E-state index in [1.54, 1.807) is 17.9 Å². The van der Waals surface area contributed by atoms with Gasteiger partial charge in [-0.05, 0) is 37.1 Å². The van der Waals surface area contributed by atoms with Gasteiger partial charge in [-0.1, -0.05) is 6.92 Å². The van der Waals surface area contributed by atoms with Gasteiger partial charge in [0.25, 0.3) is 5.91 Å². The van der Waals surface area contributed by atoms with Crippen molar-refractivity contribution in [2.45, 2.75) is 20.3 Å². The third kappa shape index (κ3) is 3.82. The van der Waals surface area contributed by atoms with Crippen molar-refractivity contribution in [2.75, 3.05) is 19.6 Å². The Morgan fingerprint density at radius 1 is 1.35 bits per heavy atom. The number of hydrogen-bond donors (Lipinski definition) is 1. The highest BCUT2D eigenvalue weighted by Gasteiger charge is 2.15. The standard InChI is InChI=1S/C13H19FN2O/c1-3-5-16(6-4-15)13(17)11-7-10(2)8-12(14)9-11/h7-9H,3-6,15H2,1-2H3. The second-order valence-electron chi connectivity index (χ2n) is 4.10. The van der Waals surface area contributed by atoms with Gasteiger partial charge in [0.1, 0.15) is 5.82 Å². The number of carbonyl (C=O) groups is 1. The van der Waals surface area contributed by atoms with E-state index in [-0.39, 0.29) is 11.7 Å². The molecular formula is C13H19FN2O. The fourth-order valence-corrected chi connectivity index (χ4v) is 1.78. The van der Waals surface area contributed by atoms with Crippen LogP contribution in [-0.4, -0.2) is 30.4 Å². The fourth-order valence-electron chi connectivity index (χ4n) is 1.78. The van der Waals surface area contributed by atoms with Crippen LogP contribution in [0.4, 0.5) is 4.39 Å². The lowest BCUT2D eigenvalue weighted by Crippen LogP contribution is -2.36. The number of nitrogens with two attached hydrogens (primary N) is 1. The van der Waals surface area contributed by atoms with Gasteiger partial charge < -0.3 is 10.6 Å². The Hall–Kier alpha value is -1.42. The number of carbonyl (C=O) groups excluding carboxylic acids is 1. The minimum absolute atomic E-state index is 0.153. The molecule has 0 aliphatic heterocycles. The average Bonchev–Trinajstić information content (AvgIpc) is 2.26. The second kappa shape index (κ2) is 6.35. The molecule has 4 heteroatoms. The molecule has 0 aromatic heterocycles. The van der Waals surface area contributed by atoms with E-state index in [0.29, 0.717) is 25.2 Å². The van der Waals surface area contributed by atoms with Crippen LogP contribution in [0, 0.1) is 12.7 Å². The molecule has 0 aliphatic rings. The third-order valence-electron chi connectivity index (χ3n) is 2.47. The molecular weight excluding hydrogens is 219 g/mol. The molecule has 0 fully saturated rings. The van der Waals surface area contributed by atoms with E-state index in [0.717, 1.165) is 12.0 Å². The Kier molecular flexibility index (Phi) is 5.10. The van der Waals surface area contributed by atoms with E-state index >= 15 is 0 Å². The summed E-state index contributed by atoms with van der Waals surface area (Å²) < 4.78 is 13.2. The highest BCUT2D eigenvalue weighted by molar-refractivity contribution is 5.94. The number of amides is 1. The summed E-state index contributed by atoms with van der Waals surface area (Å²) in [7, 11) is 0. The lowest BCUT2D eigenvalue weighted by molar-refractivity contribution is 0.0759. The smallest absolute Gasteiger partial charge is 0.254 e. The summed E-state index contributed by atoms with van der Waals surface area (Å²) in [6, 6.07) is 4.38. The minimum atomic E-state index is -0.377. The molecule has 1 aromatic carbocycles. The van der Waals surface area contributed by atoms with E-state index in [4.69, 9.17) is 5.73 Å². The Bertz CT molecular complexity index is 367. The van der Waals surface area contributed by atoms with Gasteiger partial charge in [-0.3, -0.25) is 4.79 Å². The molecule has 2 N–H and O–H groups in total. The van der Waals surface area contributed by atoms with Gasteiger partial charge >= 0.3 is 0 Å². The van der Waals surface area contributed by atoms with Crippen LogP contribution < -0.4 is 5.73 Å². The maximum Gasteiger partial charge on any atom is 0.254 e. The summed E-state index contributed by atoms with van der Waals surface area (Å²) in [6.45, 7) is 5.33. The first-order valence-corrected chi connectivity index (χ1v) is 5.85. The first kappa shape index (κ1) is 13.6. The van der Waals surface area contributed by atoms with Crippen molar-refractivity contribution in [2.24, 2.45) is 5.73 Å². The molecule has 0 atom stereocenters. The summed E-state index contributed by atoms with van der Waals surface area (Å²) in [4.78, 5) is 13.8. The molecule has 0 unspecified atom stereocenters. The molecule has 0 saturated carbocycles. The summed E-state index contributed by atoms with van der Waals surface area (Å²) in [5.41, 5.74) is 6.61. The van der Waals surface area contributed by atoms with Crippen molar-refractivity contribution in [3.63, 3.8) is 0 Å². The summed E-state index contributed by atoms with van der Waals surface area (Å²) in [5, 5.41) is 0. The Balaban J connectivity index is 2.92. The van der Waals surface area contributed by atoms with Crippen LogP contribution >= 0.6 is 0 Å². The Labute approximate surface area is 101 Å². The number of benzene rings is 1. The molecule has 1 amide bonds. The zero-order valence-corrected chi connectivity index (χ0v) is 10.4. The van der Waals surface area contributed by atoms with Gasteiger partial charge in [-0.15, -0.1) is 0 Å². The quantitative estimate of drug-likeness (QED) is 0.852. The van der Waals surface area contributed by atoms with Crippen molar-refractivity contribution in [1.82, 2.24) is 4.90 Å². The SMILES string of the molecule is CCCN(CCN)C(=O)c1cc(C)cc(F)c1. The van der Waals surface area contributed by atoms with Crippen LogP contribution in [0.1, 0.15) is 29.3 Å². The maximum absolute atomic E-state index is 13.2. The van der Waals surface area contributed by atoms with Gasteiger partial charge in [-0.25, -0.2) is 4.39 Å². The molecule has 0 spiro atoms. The van der Waals surface area contributed by atoms with Crippen LogP contribution in [-0.2, 0) is 0 Å². The number of nitrogens with zero attached hydrogens (tertiary/aromatic N) is 1. The summed E-state index contributed by atoms with van der Waals surface area (Å²) >= 11 is 0. The largest absolute Gasteiger partial charge is 0.337 e. The van der Waals surface area contributed by atoms with E-state index in [2.05, 4.69) is 0 Å². The van der Waals surface area contributed by atoms with Gasteiger partial charge in [-0.2, -0.15) is 0 Å². The van der Waals surface area contributed by atoms with Crippen LogP contribution in [0.25, 0.3) is 0 Å². The van der Waals surface area contributed by atoms with Gasteiger partial charge in [0.2, 0.25) is 0 Å². The van der Waals surface area contributed by atoms with Crippen LogP contribution in [0.3, 0.4) is 0 Å².